The van der Waals surface area contributed by atoms with Gasteiger partial charge < -0.3 is 19.3 Å². The van der Waals surface area contributed by atoms with Crippen LogP contribution in [-0.2, 0) is 14.0 Å². The molecule has 3 heterocycles. The molecule has 2 aliphatic rings. The van der Waals surface area contributed by atoms with Gasteiger partial charge in [0.1, 0.15) is 23.4 Å². The number of ether oxygens (including phenoxy) is 2. The first-order valence-electron chi connectivity index (χ1n) is 10.8. The fourth-order valence-electron chi connectivity index (χ4n) is 4.07. The maximum Gasteiger partial charge on any atom is 0.229 e. The highest BCUT2D eigenvalue weighted by Crippen LogP contribution is 2.47. The Morgan fingerprint density at radius 3 is 2.75 bits per heavy atom. The zero-order valence-electron chi connectivity index (χ0n) is 17.5. The first-order chi connectivity index (χ1) is 15.7. The third-order valence-corrected chi connectivity index (χ3v) is 6.78. The number of nitrogens with zero attached hydrogens (tertiary/aromatic N) is 2. The van der Waals surface area contributed by atoms with Gasteiger partial charge in [0.05, 0.1) is 19.4 Å². The van der Waals surface area contributed by atoms with Gasteiger partial charge in [-0.2, -0.15) is 0 Å². The highest BCUT2D eigenvalue weighted by Gasteiger charge is 2.46. The van der Waals surface area contributed by atoms with Gasteiger partial charge in [0.25, 0.3) is 0 Å². The number of aromatic nitrogens is 2. The minimum atomic E-state index is -0.0966. The Balaban J connectivity index is 1.28. The van der Waals surface area contributed by atoms with Gasteiger partial charge in [0.2, 0.25) is 5.91 Å². The van der Waals surface area contributed by atoms with Gasteiger partial charge in [0, 0.05) is 46.9 Å². The average molecular weight is 545 g/mol. The third-order valence-electron chi connectivity index (χ3n) is 5.96. The summed E-state index contributed by atoms with van der Waals surface area (Å²) in [5.74, 6) is 2.22. The number of alkyl halides is 1. The maximum atomic E-state index is 12.6. The summed E-state index contributed by atoms with van der Waals surface area (Å²) in [4.78, 5) is 17.0. The van der Waals surface area contributed by atoms with Gasteiger partial charge >= 0.3 is 0 Å². The van der Waals surface area contributed by atoms with Crippen molar-refractivity contribution in [2.24, 2.45) is 5.92 Å². The highest BCUT2D eigenvalue weighted by atomic mass is 127. The quantitative estimate of drug-likeness (QED) is 0.333. The molecule has 1 aliphatic carbocycles. The number of rotatable bonds is 7. The Labute approximate surface area is 200 Å². The van der Waals surface area contributed by atoms with Gasteiger partial charge in [-0.05, 0) is 41.8 Å². The molecule has 166 valence electrons. The number of carbonyl (C=O) groups is 1. The summed E-state index contributed by atoms with van der Waals surface area (Å²) < 4.78 is 17.7. The zero-order valence-corrected chi connectivity index (χ0v) is 19.7. The van der Waals surface area contributed by atoms with E-state index < -0.39 is 0 Å². The van der Waals surface area contributed by atoms with Crippen LogP contribution in [0.15, 0.2) is 53.3 Å². The molecule has 5 rings (SSSR count). The van der Waals surface area contributed by atoms with Crippen LogP contribution >= 0.6 is 22.6 Å². The number of hydrogen-bond acceptors (Lipinski definition) is 6. The van der Waals surface area contributed by atoms with Crippen molar-refractivity contribution in [3.05, 3.63) is 60.1 Å². The van der Waals surface area contributed by atoms with E-state index in [-0.39, 0.29) is 23.8 Å². The Kier molecular flexibility index (Phi) is 6.40. The molecule has 0 radical (unpaired) electrons. The van der Waals surface area contributed by atoms with Crippen LogP contribution < -0.4 is 10.1 Å². The molecule has 0 spiro atoms. The van der Waals surface area contributed by atoms with Crippen molar-refractivity contribution < 1.29 is 18.8 Å². The predicted octanol–water partition coefficient (Wildman–Crippen LogP) is 4.97. The van der Waals surface area contributed by atoms with Gasteiger partial charge in [-0.25, -0.2) is 4.98 Å². The second-order valence-corrected chi connectivity index (χ2v) is 8.93. The largest absolute Gasteiger partial charge is 0.490 e. The molecule has 1 amide bonds. The van der Waals surface area contributed by atoms with Crippen LogP contribution in [-0.4, -0.2) is 35.4 Å². The molecule has 0 bridgehead atoms. The number of pyridine rings is 1. The molecule has 1 aromatic carbocycles. The zero-order chi connectivity index (χ0) is 21.9. The van der Waals surface area contributed by atoms with Crippen LogP contribution in [0.1, 0.15) is 36.5 Å². The van der Waals surface area contributed by atoms with Crippen molar-refractivity contribution in [2.75, 3.05) is 18.5 Å². The standard InChI is InChI=1S/C24H24IN3O4/c25-14-17-11-15(1-2-21(17)31-18-5-9-30-10-6-18)16-3-7-26-23(12-16)28-24(29)20-13-19(20)22-4-8-27-32-22/h1-4,7-8,11-12,18-20H,5-6,9-10,13-14H2,(H,26,28,29)/t19-,20-/m1/s1. The second kappa shape index (κ2) is 9.58. The molecule has 1 N–H and O–H groups in total. The molecule has 2 aromatic heterocycles. The van der Waals surface area contributed by atoms with Crippen LogP contribution in [0.25, 0.3) is 11.1 Å². The number of benzene rings is 1. The van der Waals surface area contributed by atoms with Crippen LogP contribution in [0, 0.1) is 5.92 Å². The van der Waals surface area contributed by atoms with Crippen molar-refractivity contribution >= 4 is 34.3 Å². The molecule has 8 heteroatoms. The fraction of sp³-hybridized carbons (Fsp3) is 0.375. The van der Waals surface area contributed by atoms with Crippen molar-refractivity contribution in [3.8, 4) is 16.9 Å². The summed E-state index contributed by atoms with van der Waals surface area (Å²) in [6.45, 7) is 1.52. The Bertz CT molecular complexity index is 1080. The van der Waals surface area contributed by atoms with E-state index in [1.54, 1.807) is 12.4 Å². The van der Waals surface area contributed by atoms with Crippen LogP contribution in [0.2, 0.25) is 0 Å². The molecule has 3 aromatic rings. The lowest BCUT2D eigenvalue weighted by Crippen LogP contribution is -2.26. The number of halogens is 1. The molecule has 0 unspecified atom stereocenters. The molecule has 1 saturated carbocycles. The lowest BCUT2D eigenvalue weighted by molar-refractivity contribution is -0.117. The van der Waals surface area contributed by atoms with E-state index in [0.29, 0.717) is 5.82 Å². The molecule has 32 heavy (non-hydrogen) atoms. The topological polar surface area (TPSA) is 86.5 Å². The van der Waals surface area contributed by atoms with Crippen molar-refractivity contribution in [3.63, 3.8) is 0 Å². The van der Waals surface area contributed by atoms with E-state index in [4.69, 9.17) is 14.0 Å². The molecule has 1 aliphatic heterocycles. The molecule has 2 atom stereocenters. The normalized spacial score (nSPS) is 20.7. The molecular formula is C24H24IN3O4. The molecular weight excluding hydrogens is 521 g/mol. The SMILES string of the molecule is O=C(Nc1cc(-c2ccc(OC3CCOCC3)c(CI)c2)ccn1)[C@@H]1C[C@H]1c1ccno1. The summed E-state index contributed by atoms with van der Waals surface area (Å²) in [6.07, 6.45) is 6.16. The van der Waals surface area contributed by atoms with Gasteiger partial charge in [-0.1, -0.05) is 33.8 Å². The Morgan fingerprint density at radius 2 is 1.97 bits per heavy atom. The number of anilines is 1. The smallest absolute Gasteiger partial charge is 0.229 e. The minimum absolute atomic E-state index is 0.0378. The predicted molar refractivity (Wildman–Crippen MR) is 128 cm³/mol. The average Bonchev–Trinajstić information content (AvgIpc) is 3.45. The van der Waals surface area contributed by atoms with Gasteiger partial charge in [-0.15, -0.1) is 0 Å². The first-order valence-corrected chi connectivity index (χ1v) is 12.3. The number of carbonyl (C=O) groups excluding carboxylic acids is 1. The van der Waals surface area contributed by atoms with Crippen molar-refractivity contribution in [1.82, 2.24) is 10.1 Å². The van der Waals surface area contributed by atoms with Crippen LogP contribution in [0.5, 0.6) is 5.75 Å². The van der Waals surface area contributed by atoms with Crippen molar-refractivity contribution in [1.29, 1.82) is 0 Å². The molecule has 1 saturated heterocycles. The lowest BCUT2D eigenvalue weighted by Gasteiger charge is -2.24. The van der Waals surface area contributed by atoms with E-state index >= 15 is 0 Å². The number of hydrogen-bond donors (Lipinski definition) is 1. The summed E-state index contributed by atoms with van der Waals surface area (Å²) in [5.41, 5.74) is 3.23. The first kappa shape index (κ1) is 21.4. The Hall–Kier alpha value is -2.46. The monoisotopic (exact) mass is 545 g/mol. The number of nitrogens with one attached hydrogen (secondary N) is 1. The summed E-state index contributed by atoms with van der Waals surface area (Å²) >= 11 is 2.37. The van der Waals surface area contributed by atoms with E-state index in [0.717, 1.165) is 65.1 Å². The highest BCUT2D eigenvalue weighted by molar-refractivity contribution is 14.1. The summed E-state index contributed by atoms with van der Waals surface area (Å²) in [6, 6.07) is 11.9. The molecule has 7 nitrogen and oxygen atoms in total. The summed E-state index contributed by atoms with van der Waals surface area (Å²) in [7, 11) is 0. The van der Waals surface area contributed by atoms with Crippen LogP contribution in [0.4, 0.5) is 5.82 Å². The summed E-state index contributed by atoms with van der Waals surface area (Å²) in [5, 5.41) is 6.68. The lowest BCUT2D eigenvalue weighted by atomic mass is 10.0. The van der Waals surface area contributed by atoms with Crippen molar-refractivity contribution in [2.45, 2.75) is 35.7 Å². The van der Waals surface area contributed by atoms with Gasteiger partial charge in [-0.3, -0.25) is 4.79 Å². The Morgan fingerprint density at radius 1 is 1.12 bits per heavy atom. The van der Waals surface area contributed by atoms with Crippen LogP contribution in [0.3, 0.4) is 0 Å². The fourth-order valence-corrected chi connectivity index (χ4v) is 4.66. The number of amides is 1. The van der Waals surface area contributed by atoms with Gasteiger partial charge in [0.15, 0.2) is 0 Å². The third kappa shape index (κ3) is 4.80. The van der Waals surface area contributed by atoms with E-state index in [1.165, 1.54) is 0 Å². The molecule has 2 fully saturated rings. The van der Waals surface area contributed by atoms with E-state index in [1.807, 2.05) is 24.3 Å². The second-order valence-electron chi connectivity index (χ2n) is 8.17. The van der Waals surface area contributed by atoms with E-state index in [9.17, 15) is 4.79 Å². The van der Waals surface area contributed by atoms with E-state index in [2.05, 4.69) is 50.2 Å². The maximum absolute atomic E-state index is 12.6. The minimum Gasteiger partial charge on any atom is -0.490 e.